The predicted molar refractivity (Wildman–Crippen MR) is 58.9 cm³/mol. The second-order valence-electron chi connectivity index (χ2n) is 3.57. The van der Waals surface area contributed by atoms with Crippen molar-refractivity contribution in [2.45, 2.75) is 13.1 Å². The van der Waals surface area contributed by atoms with Crippen LogP contribution in [0.2, 0.25) is 0 Å². The van der Waals surface area contributed by atoms with E-state index in [1.807, 2.05) is 0 Å². The van der Waals surface area contributed by atoms with E-state index in [4.69, 9.17) is 0 Å². The van der Waals surface area contributed by atoms with Crippen LogP contribution in [0.3, 0.4) is 0 Å². The van der Waals surface area contributed by atoms with Gasteiger partial charge in [-0.25, -0.2) is 4.79 Å². The molecule has 1 amide bonds. The van der Waals surface area contributed by atoms with Crippen LogP contribution < -0.4 is 5.32 Å². The Morgan fingerprint density at radius 1 is 1.47 bits per heavy atom. The summed E-state index contributed by atoms with van der Waals surface area (Å²) in [6.45, 7) is -0.239. The molecule has 0 radical (unpaired) electrons. The molecule has 19 heavy (non-hydrogen) atoms. The van der Waals surface area contributed by atoms with E-state index in [-0.39, 0.29) is 11.4 Å². The molecule has 0 unspecified atom stereocenters. The van der Waals surface area contributed by atoms with Crippen molar-refractivity contribution in [3.05, 3.63) is 33.9 Å². The fraction of sp³-hybridized carbons (Fsp3) is 0.300. The van der Waals surface area contributed by atoms with Crippen LogP contribution in [0.4, 0.5) is 29.3 Å². The summed E-state index contributed by atoms with van der Waals surface area (Å²) in [5.74, 6) is 0. The Hall–Kier alpha value is -2.32. The van der Waals surface area contributed by atoms with Crippen LogP contribution >= 0.6 is 0 Å². The van der Waals surface area contributed by atoms with Gasteiger partial charge in [0.25, 0.3) is 5.69 Å². The van der Waals surface area contributed by atoms with Crippen LogP contribution in [0.25, 0.3) is 0 Å². The largest absolute Gasteiger partial charge is 0.440 e. The lowest BCUT2D eigenvalue weighted by molar-refractivity contribution is -0.384. The number of nitro benzene ring substituents is 1. The van der Waals surface area contributed by atoms with Crippen LogP contribution in [0, 0.1) is 17.0 Å². The minimum Gasteiger partial charge on any atom is -0.440 e. The van der Waals surface area contributed by atoms with E-state index < -0.39 is 23.8 Å². The summed E-state index contributed by atoms with van der Waals surface area (Å²) >= 11 is 0. The number of non-ortho nitro benzene ring substituents is 1. The van der Waals surface area contributed by atoms with Crippen LogP contribution in [0.5, 0.6) is 0 Å². The highest BCUT2D eigenvalue weighted by Gasteiger charge is 2.29. The maximum atomic E-state index is 11.8. The molecule has 0 heterocycles. The number of carbonyl (C=O) groups excluding carboxylic acids is 1. The number of aryl methyl sites for hydroxylation is 1. The van der Waals surface area contributed by atoms with Gasteiger partial charge in [-0.2, -0.15) is 13.2 Å². The summed E-state index contributed by atoms with van der Waals surface area (Å²) in [4.78, 5) is 20.9. The van der Waals surface area contributed by atoms with Crippen LogP contribution in [0.15, 0.2) is 18.2 Å². The first-order valence-corrected chi connectivity index (χ1v) is 4.94. The number of benzene rings is 1. The first-order valence-electron chi connectivity index (χ1n) is 4.94. The van der Waals surface area contributed by atoms with Crippen molar-refractivity contribution in [1.29, 1.82) is 0 Å². The van der Waals surface area contributed by atoms with Gasteiger partial charge in [-0.3, -0.25) is 15.4 Å². The summed E-state index contributed by atoms with van der Waals surface area (Å²) in [5, 5.41) is 12.5. The topological polar surface area (TPSA) is 81.5 Å². The van der Waals surface area contributed by atoms with Crippen molar-refractivity contribution in [2.75, 3.05) is 11.9 Å². The zero-order valence-corrected chi connectivity index (χ0v) is 9.65. The molecular formula is C10H9F3N2O4. The van der Waals surface area contributed by atoms with Crippen molar-refractivity contribution in [3.63, 3.8) is 0 Å². The molecule has 0 aliphatic heterocycles. The van der Waals surface area contributed by atoms with E-state index in [9.17, 15) is 28.1 Å². The van der Waals surface area contributed by atoms with E-state index in [1.54, 1.807) is 0 Å². The Balaban J connectivity index is 2.67. The van der Waals surface area contributed by atoms with Gasteiger partial charge in [0.2, 0.25) is 0 Å². The van der Waals surface area contributed by atoms with E-state index >= 15 is 0 Å². The number of anilines is 1. The van der Waals surface area contributed by atoms with Gasteiger partial charge in [0.05, 0.1) is 4.92 Å². The Bertz CT molecular complexity index is 502. The van der Waals surface area contributed by atoms with Gasteiger partial charge >= 0.3 is 12.3 Å². The van der Waals surface area contributed by atoms with Gasteiger partial charge in [0, 0.05) is 17.8 Å². The molecule has 0 bridgehead atoms. The van der Waals surface area contributed by atoms with Crippen molar-refractivity contribution in [1.82, 2.24) is 0 Å². The normalized spacial score (nSPS) is 10.9. The summed E-state index contributed by atoms with van der Waals surface area (Å²) in [6, 6.07) is 3.51. The highest BCUT2D eigenvalue weighted by atomic mass is 19.4. The molecule has 0 atom stereocenters. The summed E-state index contributed by atoms with van der Waals surface area (Å²) in [6.07, 6.45) is -5.89. The molecule has 0 fully saturated rings. The Labute approximate surface area is 105 Å². The van der Waals surface area contributed by atoms with Gasteiger partial charge in [0.1, 0.15) is 0 Å². The summed E-state index contributed by atoms with van der Waals surface area (Å²) in [5.41, 5.74) is 0.280. The van der Waals surface area contributed by atoms with E-state index in [1.165, 1.54) is 19.1 Å². The lowest BCUT2D eigenvalue weighted by atomic mass is 10.2. The van der Waals surface area contributed by atoms with Gasteiger partial charge in [-0.05, 0) is 18.6 Å². The second-order valence-corrected chi connectivity index (χ2v) is 3.57. The molecular weight excluding hydrogens is 269 g/mol. The minimum atomic E-state index is -4.61. The third kappa shape index (κ3) is 4.82. The Kier molecular flexibility index (Phi) is 4.30. The lowest BCUT2D eigenvalue weighted by Gasteiger charge is -2.10. The molecule has 0 aliphatic carbocycles. The SMILES string of the molecule is Cc1cc([N+](=O)[O-])ccc1NC(=O)OCC(F)(F)F. The number of nitro groups is 1. The molecule has 0 saturated carbocycles. The third-order valence-electron chi connectivity index (χ3n) is 2.02. The zero-order chi connectivity index (χ0) is 14.6. The van der Waals surface area contributed by atoms with Crippen LogP contribution in [-0.2, 0) is 4.74 Å². The van der Waals surface area contributed by atoms with Crippen molar-refractivity contribution < 1.29 is 27.6 Å². The molecule has 1 rings (SSSR count). The number of carbonyl (C=O) groups is 1. The number of nitrogens with zero attached hydrogens (tertiary/aromatic N) is 1. The van der Waals surface area contributed by atoms with Crippen molar-refractivity contribution >= 4 is 17.5 Å². The molecule has 1 aromatic rings. The zero-order valence-electron chi connectivity index (χ0n) is 9.65. The number of rotatable bonds is 3. The first-order chi connectivity index (χ1) is 8.69. The van der Waals surface area contributed by atoms with Gasteiger partial charge in [-0.1, -0.05) is 0 Å². The number of halogens is 3. The quantitative estimate of drug-likeness (QED) is 0.680. The van der Waals surface area contributed by atoms with Crippen LogP contribution in [-0.4, -0.2) is 23.8 Å². The number of ether oxygens (including phenoxy) is 1. The molecule has 1 aromatic carbocycles. The fourth-order valence-electron chi connectivity index (χ4n) is 1.20. The van der Waals surface area contributed by atoms with E-state index in [0.29, 0.717) is 5.56 Å². The molecule has 6 nitrogen and oxygen atoms in total. The number of nitrogens with one attached hydrogen (secondary N) is 1. The summed E-state index contributed by atoms with van der Waals surface area (Å²) in [7, 11) is 0. The number of alkyl halides is 3. The molecule has 9 heteroatoms. The maximum absolute atomic E-state index is 11.8. The molecule has 0 aromatic heterocycles. The van der Waals surface area contributed by atoms with Crippen LogP contribution in [0.1, 0.15) is 5.56 Å². The van der Waals surface area contributed by atoms with Crippen molar-refractivity contribution in [3.8, 4) is 0 Å². The summed E-state index contributed by atoms with van der Waals surface area (Å²) < 4.78 is 39.3. The van der Waals surface area contributed by atoms with Gasteiger partial charge < -0.3 is 4.74 Å². The standard InChI is InChI=1S/C10H9F3N2O4/c1-6-4-7(15(17)18)2-3-8(6)14-9(16)19-5-10(11,12)13/h2-4H,5H2,1H3,(H,14,16). The number of hydrogen-bond donors (Lipinski definition) is 1. The second kappa shape index (κ2) is 5.55. The third-order valence-corrected chi connectivity index (χ3v) is 2.02. The Morgan fingerprint density at radius 3 is 2.58 bits per heavy atom. The predicted octanol–water partition coefficient (Wildman–Crippen LogP) is 3.01. The minimum absolute atomic E-state index is 0.137. The number of hydrogen-bond acceptors (Lipinski definition) is 4. The van der Waals surface area contributed by atoms with E-state index in [2.05, 4.69) is 10.1 Å². The average Bonchev–Trinajstić information content (AvgIpc) is 2.28. The highest BCUT2D eigenvalue weighted by Crippen LogP contribution is 2.21. The Morgan fingerprint density at radius 2 is 2.11 bits per heavy atom. The number of amides is 1. The molecule has 104 valence electrons. The fourth-order valence-corrected chi connectivity index (χ4v) is 1.20. The van der Waals surface area contributed by atoms with Crippen molar-refractivity contribution in [2.24, 2.45) is 0 Å². The van der Waals surface area contributed by atoms with Gasteiger partial charge in [0.15, 0.2) is 6.61 Å². The molecule has 0 aliphatic rings. The molecule has 0 spiro atoms. The smallest absolute Gasteiger partial charge is 0.422 e. The highest BCUT2D eigenvalue weighted by molar-refractivity contribution is 5.85. The molecule has 1 N–H and O–H groups in total. The first kappa shape index (κ1) is 14.7. The lowest BCUT2D eigenvalue weighted by Crippen LogP contribution is -2.23. The van der Waals surface area contributed by atoms with Gasteiger partial charge in [-0.15, -0.1) is 0 Å². The monoisotopic (exact) mass is 278 g/mol. The average molecular weight is 278 g/mol. The maximum Gasteiger partial charge on any atom is 0.422 e. The molecule has 0 saturated heterocycles. The van der Waals surface area contributed by atoms with E-state index in [0.717, 1.165) is 6.07 Å².